The summed E-state index contributed by atoms with van der Waals surface area (Å²) in [7, 11) is 0. The van der Waals surface area contributed by atoms with Crippen molar-refractivity contribution in [1.82, 2.24) is 25.2 Å². The zero-order chi connectivity index (χ0) is 27.8. The Labute approximate surface area is 234 Å². The molecule has 0 atom stereocenters. The summed E-state index contributed by atoms with van der Waals surface area (Å²) >= 11 is 0. The molecule has 1 saturated carbocycles. The van der Waals surface area contributed by atoms with E-state index in [1.807, 2.05) is 50.2 Å². The number of hydrogen-bond acceptors (Lipinski definition) is 5. The number of aromatic amines is 2. The van der Waals surface area contributed by atoms with Gasteiger partial charge in [0.15, 0.2) is 0 Å². The van der Waals surface area contributed by atoms with Crippen LogP contribution in [0.25, 0.3) is 22.0 Å². The van der Waals surface area contributed by atoms with Crippen LogP contribution in [0.3, 0.4) is 0 Å². The van der Waals surface area contributed by atoms with E-state index in [2.05, 4.69) is 38.4 Å². The summed E-state index contributed by atoms with van der Waals surface area (Å²) in [5.41, 5.74) is 6.87. The second-order valence-electron chi connectivity index (χ2n) is 11.4. The number of piperazine rings is 1. The second-order valence-corrected chi connectivity index (χ2v) is 11.4. The van der Waals surface area contributed by atoms with E-state index in [1.54, 1.807) is 0 Å². The number of anilines is 1. The number of amides is 1. The monoisotopic (exact) mass is 538 g/mol. The maximum Gasteiger partial charge on any atom is 0.255 e. The molecule has 4 aromatic rings. The third kappa shape index (κ3) is 5.04. The van der Waals surface area contributed by atoms with E-state index in [-0.39, 0.29) is 17.5 Å². The number of aromatic nitrogens is 3. The van der Waals surface area contributed by atoms with Gasteiger partial charge in [-0.25, -0.2) is 4.98 Å². The van der Waals surface area contributed by atoms with Gasteiger partial charge in [-0.05, 0) is 80.6 Å². The van der Waals surface area contributed by atoms with Crippen molar-refractivity contribution in [3.05, 3.63) is 81.0 Å². The van der Waals surface area contributed by atoms with Crippen molar-refractivity contribution in [2.24, 2.45) is 0 Å². The van der Waals surface area contributed by atoms with Crippen LogP contribution >= 0.6 is 0 Å². The van der Waals surface area contributed by atoms with Crippen LogP contribution in [0.1, 0.15) is 58.4 Å². The van der Waals surface area contributed by atoms with Gasteiger partial charge < -0.3 is 25.1 Å². The second kappa shape index (κ2) is 10.9. The average Bonchev–Trinajstić information content (AvgIpc) is 3.63. The number of nitrogens with one attached hydrogen (secondary N) is 3. The number of H-pyrrole nitrogens is 2. The number of aryl methyl sites for hydroxylation is 3. The fraction of sp³-hybridized carbons (Fsp3) is 0.406. The van der Waals surface area contributed by atoms with Crippen molar-refractivity contribution in [3.8, 4) is 11.1 Å². The van der Waals surface area contributed by atoms with E-state index in [0.29, 0.717) is 17.7 Å². The molecule has 1 saturated heterocycles. The third-order valence-corrected chi connectivity index (χ3v) is 8.58. The minimum absolute atomic E-state index is 0.0220. The van der Waals surface area contributed by atoms with Crippen LogP contribution in [0.2, 0.25) is 0 Å². The molecule has 1 aromatic carbocycles. The molecule has 8 nitrogen and oxygen atoms in total. The first-order valence-corrected chi connectivity index (χ1v) is 14.4. The number of hydrogen-bond donors (Lipinski definition) is 3. The van der Waals surface area contributed by atoms with Crippen molar-refractivity contribution in [3.63, 3.8) is 0 Å². The van der Waals surface area contributed by atoms with E-state index >= 15 is 0 Å². The molecule has 0 unspecified atom stereocenters. The summed E-state index contributed by atoms with van der Waals surface area (Å²) in [5, 5.41) is 4.32. The summed E-state index contributed by atoms with van der Waals surface area (Å²) in [5.74, 6) is 0.954. The molecule has 1 aliphatic carbocycles. The Morgan fingerprint density at radius 2 is 1.80 bits per heavy atom. The number of benzene rings is 1. The molecule has 2 aliphatic rings. The maximum atomic E-state index is 14.5. The normalized spacial score (nSPS) is 16.1. The highest BCUT2D eigenvalue weighted by Gasteiger charge is 2.30. The summed E-state index contributed by atoms with van der Waals surface area (Å²) in [6, 6.07) is 10.4. The van der Waals surface area contributed by atoms with Gasteiger partial charge >= 0.3 is 0 Å². The molecule has 40 heavy (non-hydrogen) atoms. The van der Waals surface area contributed by atoms with E-state index in [1.165, 1.54) is 0 Å². The fourth-order valence-corrected chi connectivity index (χ4v) is 6.40. The number of pyridine rings is 2. The van der Waals surface area contributed by atoms with Crippen LogP contribution < -0.4 is 15.8 Å². The smallest absolute Gasteiger partial charge is 0.255 e. The van der Waals surface area contributed by atoms with Crippen molar-refractivity contribution in [2.45, 2.75) is 59.0 Å². The fourth-order valence-electron chi connectivity index (χ4n) is 6.40. The lowest BCUT2D eigenvalue weighted by Crippen LogP contribution is -2.43. The maximum absolute atomic E-state index is 14.5. The molecule has 8 heteroatoms. The lowest BCUT2D eigenvalue weighted by Gasteiger charge is -2.30. The standard InChI is InChI=1S/C32H38N6O2/c1-20-14-22(3)36-31(39)27(20)19-38(25-6-4-5-7-25)32(40)26-15-24(16-28-30(26)21(2)17-34-28)23-8-9-29(35-18-23)37-12-10-33-11-13-37/h8-9,14-18,25,33-34H,4-7,10-13,19H2,1-3H3,(H,36,39). The molecule has 3 aromatic heterocycles. The van der Waals surface area contributed by atoms with Crippen molar-refractivity contribution in [2.75, 3.05) is 31.1 Å². The molecule has 0 bridgehead atoms. The number of carbonyl (C=O) groups is 1. The van der Waals surface area contributed by atoms with Crippen molar-refractivity contribution < 1.29 is 4.79 Å². The van der Waals surface area contributed by atoms with Crippen LogP contribution in [0, 0.1) is 20.8 Å². The molecule has 0 spiro atoms. The van der Waals surface area contributed by atoms with Gasteiger partial charge in [-0.3, -0.25) is 9.59 Å². The van der Waals surface area contributed by atoms with Crippen LogP contribution in [0.4, 0.5) is 5.82 Å². The minimum Gasteiger partial charge on any atom is -0.361 e. The van der Waals surface area contributed by atoms with Gasteiger partial charge in [-0.1, -0.05) is 12.8 Å². The molecule has 0 radical (unpaired) electrons. The number of rotatable bonds is 6. The third-order valence-electron chi connectivity index (χ3n) is 8.58. The summed E-state index contributed by atoms with van der Waals surface area (Å²) in [6.07, 6.45) is 7.99. The molecule has 1 amide bonds. The largest absolute Gasteiger partial charge is 0.361 e. The van der Waals surface area contributed by atoms with Gasteiger partial charge in [0, 0.05) is 77.9 Å². The summed E-state index contributed by atoms with van der Waals surface area (Å²) < 4.78 is 0. The van der Waals surface area contributed by atoms with E-state index in [4.69, 9.17) is 4.98 Å². The Hall–Kier alpha value is -3.91. The topological polar surface area (TPSA) is 97.1 Å². The highest BCUT2D eigenvalue weighted by Crippen LogP contribution is 2.33. The Morgan fingerprint density at radius 3 is 2.50 bits per heavy atom. The van der Waals surface area contributed by atoms with E-state index in [9.17, 15) is 9.59 Å². The predicted molar refractivity (Wildman–Crippen MR) is 160 cm³/mol. The van der Waals surface area contributed by atoms with E-state index in [0.717, 1.165) is 96.5 Å². The highest BCUT2D eigenvalue weighted by molar-refractivity contribution is 6.09. The van der Waals surface area contributed by atoms with Gasteiger partial charge in [0.25, 0.3) is 11.5 Å². The molecular formula is C32H38N6O2. The molecular weight excluding hydrogens is 500 g/mol. The van der Waals surface area contributed by atoms with Crippen LogP contribution in [-0.2, 0) is 6.54 Å². The van der Waals surface area contributed by atoms with Crippen molar-refractivity contribution in [1.29, 1.82) is 0 Å². The van der Waals surface area contributed by atoms with Gasteiger partial charge in [-0.2, -0.15) is 0 Å². The molecule has 3 N–H and O–H groups in total. The van der Waals surface area contributed by atoms with Crippen LogP contribution in [0.5, 0.6) is 0 Å². The van der Waals surface area contributed by atoms with Gasteiger partial charge in [0.2, 0.25) is 0 Å². The molecule has 208 valence electrons. The van der Waals surface area contributed by atoms with Crippen LogP contribution in [0.15, 0.2) is 47.5 Å². The minimum atomic E-state index is -0.110. The average molecular weight is 539 g/mol. The molecule has 4 heterocycles. The zero-order valence-corrected chi connectivity index (χ0v) is 23.6. The molecule has 2 fully saturated rings. The molecule has 1 aliphatic heterocycles. The Morgan fingerprint density at radius 1 is 1.02 bits per heavy atom. The number of nitrogens with zero attached hydrogens (tertiary/aromatic N) is 3. The van der Waals surface area contributed by atoms with Gasteiger partial charge in [-0.15, -0.1) is 0 Å². The summed E-state index contributed by atoms with van der Waals surface area (Å²) in [4.78, 5) is 42.8. The first-order chi connectivity index (χ1) is 19.4. The predicted octanol–water partition coefficient (Wildman–Crippen LogP) is 4.84. The van der Waals surface area contributed by atoms with Gasteiger partial charge in [0.1, 0.15) is 5.82 Å². The quantitative estimate of drug-likeness (QED) is 0.327. The SMILES string of the molecule is Cc1cc(C)c(CN(C(=O)c2cc(-c3ccc(N4CCNCC4)nc3)cc3[nH]cc(C)c23)C2CCCC2)c(=O)[nH]1. The lowest BCUT2D eigenvalue weighted by atomic mass is 9.97. The Kier molecular flexibility index (Phi) is 7.19. The Balaban J connectivity index is 1.40. The number of carbonyl (C=O) groups excluding carboxylic acids is 1. The lowest BCUT2D eigenvalue weighted by molar-refractivity contribution is 0.0665. The summed E-state index contributed by atoms with van der Waals surface area (Å²) in [6.45, 7) is 10.0. The van der Waals surface area contributed by atoms with Crippen molar-refractivity contribution >= 4 is 22.6 Å². The van der Waals surface area contributed by atoms with Crippen LogP contribution in [-0.4, -0.2) is 58.0 Å². The first kappa shape index (κ1) is 26.3. The highest BCUT2D eigenvalue weighted by atomic mass is 16.2. The molecule has 6 rings (SSSR count). The Bertz CT molecular complexity index is 1590. The number of fused-ring (bicyclic) bond motifs is 1. The van der Waals surface area contributed by atoms with Gasteiger partial charge in [0.05, 0.1) is 6.54 Å². The first-order valence-electron chi connectivity index (χ1n) is 14.4. The zero-order valence-electron chi connectivity index (χ0n) is 23.6. The van der Waals surface area contributed by atoms with E-state index < -0.39 is 0 Å².